The van der Waals surface area contributed by atoms with Crippen LogP contribution in [0, 0.1) is 0 Å². The van der Waals surface area contributed by atoms with Gasteiger partial charge in [0.15, 0.2) is 0 Å². The molecule has 0 atom stereocenters. The number of carbonyl (C=O) groups is 1. The number of nitrogens with one attached hydrogen (secondary N) is 2. The fraction of sp³-hybridized carbons (Fsp3) is 0.300. The highest BCUT2D eigenvalue weighted by molar-refractivity contribution is 7.11. The highest BCUT2D eigenvalue weighted by atomic mass is 32.1. The summed E-state index contributed by atoms with van der Waals surface area (Å²) in [7, 11) is 0. The molecule has 2 heterocycles. The first-order valence-electron chi connectivity index (χ1n) is 5.21. The van der Waals surface area contributed by atoms with E-state index in [4.69, 9.17) is 5.73 Å². The van der Waals surface area contributed by atoms with Crippen LogP contribution in [0.1, 0.15) is 27.2 Å². The number of carbonyl (C=O) groups excluding carboxylic acids is 1. The molecule has 17 heavy (non-hydrogen) atoms. The van der Waals surface area contributed by atoms with Crippen molar-refractivity contribution in [3.05, 3.63) is 27.8 Å². The van der Waals surface area contributed by atoms with Crippen LogP contribution >= 0.6 is 11.3 Å². The minimum Gasteiger partial charge on any atom is -0.383 e. The van der Waals surface area contributed by atoms with E-state index in [0.29, 0.717) is 12.1 Å². The molecule has 2 aromatic rings. The Morgan fingerprint density at radius 3 is 3.00 bits per heavy atom. The highest BCUT2D eigenvalue weighted by Crippen LogP contribution is 2.13. The van der Waals surface area contributed by atoms with Crippen molar-refractivity contribution >= 4 is 23.1 Å². The standard InChI is InChI=1S/C10H13N5OS/c1-2-6-3-12-8(17-6)5-13-10(16)7-4-14-15-9(7)11/h3-4H,2,5H2,1H3,(H,13,16)(H3,11,14,15). The van der Waals surface area contributed by atoms with Crippen molar-refractivity contribution in [1.82, 2.24) is 20.5 Å². The molecule has 0 radical (unpaired) electrons. The number of aromatic nitrogens is 3. The summed E-state index contributed by atoms with van der Waals surface area (Å²) in [5, 5.41) is 9.84. The van der Waals surface area contributed by atoms with Gasteiger partial charge in [-0.05, 0) is 6.42 Å². The van der Waals surface area contributed by atoms with Crippen LogP contribution in [0.4, 0.5) is 5.82 Å². The Morgan fingerprint density at radius 2 is 2.41 bits per heavy atom. The van der Waals surface area contributed by atoms with E-state index in [9.17, 15) is 4.79 Å². The van der Waals surface area contributed by atoms with Crippen LogP contribution in [0.2, 0.25) is 0 Å². The summed E-state index contributed by atoms with van der Waals surface area (Å²) in [6, 6.07) is 0. The number of hydrogen-bond acceptors (Lipinski definition) is 5. The zero-order valence-electron chi connectivity index (χ0n) is 9.36. The number of amides is 1. The van der Waals surface area contributed by atoms with E-state index in [1.807, 2.05) is 6.20 Å². The number of aryl methyl sites for hydroxylation is 1. The Balaban J connectivity index is 1.94. The largest absolute Gasteiger partial charge is 0.383 e. The Labute approximate surface area is 102 Å². The lowest BCUT2D eigenvalue weighted by Gasteiger charge is -2.00. The van der Waals surface area contributed by atoms with Gasteiger partial charge in [0.1, 0.15) is 16.4 Å². The second-order valence-corrected chi connectivity index (χ2v) is 4.65. The molecule has 0 saturated heterocycles. The van der Waals surface area contributed by atoms with Crippen molar-refractivity contribution in [2.24, 2.45) is 0 Å². The van der Waals surface area contributed by atoms with Gasteiger partial charge >= 0.3 is 0 Å². The van der Waals surface area contributed by atoms with Gasteiger partial charge in [0, 0.05) is 11.1 Å². The maximum Gasteiger partial charge on any atom is 0.256 e. The molecular formula is C10H13N5OS. The maximum absolute atomic E-state index is 11.7. The van der Waals surface area contributed by atoms with Crippen LogP contribution in [-0.2, 0) is 13.0 Å². The number of nitrogens with zero attached hydrogens (tertiary/aromatic N) is 2. The predicted octanol–water partition coefficient (Wildman–Crippen LogP) is 0.941. The zero-order valence-corrected chi connectivity index (χ0v) is 10.2. The molecule has 2 aromatic heterocycles. The molecule has 2 rings (SSSR count). The SMILES string of the molecule is CCc1cnc(CNC(=O)c2cn[nH]c2N)s1. The van der Waals surface area contributed by atoms with Gasteiger partial charge in [0.05, 0.1) is 12.7 Å². The molecule has 4 N–H and O–H groups in total. The summed E-state index contributed by atoms with van der Waals surface area (Å²) < 4.78 is 0. The van der Waals surface area contributed by atoms with Crippen molar-refractivity contribution in [3.63, 3.8) is 0 Å². The third-order valence-electron chi connectivity index (χ3n) is 2.26. The first-order chi connectivity index (χ1) is 8.20. The Bertz CT molecular complexity index is 518. The quantitative estimate of drug-likeness (QED) is 0.753. The highest BCUT2D eigenvalue weighted by Gasteiger charge is 2.11. The summed E-state index contributed by atoms with van der Waals surface area (Å²) in [5.41, 5.74) is 5.90. The molecule has 7 heteroatoms. The van der Waals surface area contributed by atoms with E-state index in [2.05, 4.69) is 27.4 Å². The van der Waals surface area contributed by atoms with Crippen LogP contribution in [-0.4, -0.2) is 21.1 Å². The molecule has 6 nitrogen and oxygen atoms in total. The molecule has 0 aliphatic rings. The van der Waals surface area contributed by atoms with Gasteiger partial charge in [-0.2, -0.15) is 5.10 Å². The second-order valence-electron chi connectivity index (χ2n) is 3.45. The monoisotopic (exact) mass is 251 g/mol. The van der Waals surface area contributed by atoms with Crippen LogP contribution in [0.25, 0.3) is 0 Å². The molecule has 1 amide bonds. The van der Waals surface area contributed by atoms with Crippen LogP contribution < -0.4 is 11.1 Å². The van der Waals surface area contributed by atoms with Gasteiger partial charge in [-0.25, -0.2) is 4.98 Å². The fourth-order valence-corrected chi connectivity index (χ4v) is 2.12. The molecule has 0 unspecified atom stereocenters. The molecule has 0 aliphatic heterocycles. The lowest BCUT2D eigenvalue weighted by atomic mass is 10.3. The lowest BCUT2D eigenvalue weighted by molar-refractivity contribution is 0.0952. The third kappa shape index (κ3) is 2.62. The Hall–Kier alpha value is -1.89. The van der Waals surface area contributed by atoms with Gasteiger partial charge in [-0.1, -0.05) is 6.92 Å². The molecule has 0 spiro atoms. The molecule has 0 saturated carbocycles. The average Bonchev–Trinajstić information content (AvgIpc) is 2.94. The first-order valence-corrected chi connectivity index (χ1v) is 6.03. The Morgan fingerprint density at radius 1 is 1.59 bits per heavy atom. The number of thiazole rings is 1. The van der Waals surface area contributed by atoms with E-state index < -0.39 is 0 Å². The average molecular weight is 251 g/mol. The molecule has 90 valence electrons. The minimum atomic E-state index is -0.246. The van der Waals surface area contributed by atoms with Gasteiger partial charge in [0.25, 0.3) is 5.91 Å². The Kier molecular flexibility index (Phi) is 3.38. The van der Waals surface area contributed by atoms with E-state index in [0.717, 1.165) is 11.4 Å². The van der Waals surface area contributed by atoms with Crippen LogP contribution in [0.3, 0.4) is 0 Å². The third-order valence-corrected chi connectivity index (χ3v) is 3.41. The topological polar surface area (TPSA) is 96.7 Å². The summed E-state index contributed by atoms with van der Waals surface area (Å²) in [5.74, 6) is 0.0281. The van der Waals surface area contributed by atoms with Crippen molar-refractivity contribution in [1.29, 1.82) is 0 Å². The van der Waals surface area contributed by atoms with Crippen molar-refractivity contribution < 1.29 is 4.79 Å². The fourth-order valence-electron chi connectivity index (χ4n) is 1.32. The molecule has 0 aliphatic carbocycles. The molecule has 0 fully saturated rings. The minimum absolute atomic E-state index is 0.246. The summed E-state index contributed by atoms with van der Waals surface area (Å²) in [4.78, 5) is 17.1. The number of anilines is 1. The van der Waals surface area contributed by atoms with Crippen LogP contribution in [0.5, 0.6) is 0 Å². The van der Waals surface area contributed by atoms with Crippen molar-refractivity contribution in [2.75, 3.05) is 5.73 Å². The summed E-state index contributed by atoms with van der Waals surface area (Å²) in [6.07, 6.45) is 4.20. The van der Waals surface area contributed by atoms with E-state index in [-0.39, 0.29) is 11.7 Å². The number of hydrogen-bond donors (Lipinski definition) is 3. The summed E-state index contributed by atoms with van der Waals surface area (Å²) in [6.45, 7) is 2.48. The number of nitrogens with two attached hydrogens (primary N) is 1. The van der Waals surface area contributed by atoms with Gasteiger partial charge in [-0.3, -0.25) is 9.89 Å². The van der Waals surface area contributed by atoms with Crippen molar-refractivity contribution in [3.8, 4) is 0 Å². The number of H-pyrrole nitrogens is 1. The molecule has 0 aromatic carbocycles. The molecular weight excluding hydrogens is 238 g/mol. The molecule has 0 bridgehead atoms. The maximum atomic E-state index is 11.7. The van der Waals surface area contributed by atoms with Gasteiger partial charge in [-0.15, -0.1) is 11.3 Å². The van der Waals surface area contributed by atoms with E-state index in [1.165, 1.54) is 11.1 Å². The number of nitrogen functional groups attached to an aromatic ring is 1. The summed E-state index contributed by atoms with van der Waals surface area (Å²) >= 11 is 1.60. The smallest absolute Gasteiger partial charge is 0.256 e. The van der Waals surface area contributed by atoms with Crippen LogP contribution in [0.15, 0.2) is 12.4 Å². The number of aromatic amines is 1. The van der Waals surface area contributed by atoms with Gasteiger partial charge in [0.2, 0.25) is 0 Å². The normalized spacial score (nSPS) is 10.4. The van der Waals surface area contributed by atoms with E-state index in [1.54, 1.807) is 11.3 Å². The lowest BCUT2D eigenvalue weighted by Crippen LogP contribution is -2.23. The van der Waals surface area contributed by atoms with E-state index >= 15 is 0 Å². The van der Waals surface area contributed by atoms with Gasteiger partial charge < -0.3 is 11.1 Å². The van der Waals surface area contributed by atoms with Crippen molar-refractivity contribution in [2.45, 2.75) is 19.9 Å². The second kappa shape index (κ2) is 4.96. The zero-order chi connectivity index (χ0) is 12.3. The number of rotatable bonds is 4. The predicted molar refractivity (Wildman–Crippen MR) is 65.7 cm³/mol. The first kappa shape index (κ1) is 11.6.